The highest BCUT2D eigenvalue weighted by molar-refractivity contribution is 5.97. The molecule has 1 aliphatic rings. The van der Waals surface area contributed by atoms with Crippen molar-refractivity contribution in [3.63, 3.8) is 0 Å². The van der Waals surface area contributed by atoms with E-state index in [1.54, 1.807) is 0 Å². The molecule has 1 amide bonds. The quantitative estimate of drug-likeness (QED) is 0.874. The van der Waals surface area contributed by atoms with Gasteiger partial charge in [-0.3, -0.25) is 9.36 Å². The Balaban J connectivity index is 1.77. The van der Waals surface area contributed by atoms with Crippen molar-refractivity contribution in [3.8, 4) is 5.75 Å². The van der Waals surface area contributed by atoms with Crippen LogP contribution in [0.1, 0.15) is 29.0 Å². The second-order valence-electron chi connectivity index (χ2n) is 5.53. The minimum Gasteiger partial charge on any atom is -0.496 e. The maximum Gasteiger partial charge on any atom is 0.343 e. The number of benzene rings is 1. The average Bonchev–Trinajstić information content (AvgIpc) is 2.79. The largest absolute Gasteiger partial charge is 0.496 e. The van der Waals surface area contributed by atoms with E-state index in [-0.39, 0.29) is 17.5 Å². The molecule has 0 fully saturated rings. The van der Waals surface area contributed by atoms with Crippen LogP contribution in [0.5, 0.6) is 5.75 Å². The first kappa shape index (κ1) is 16.2. The summed E-state index contributed by atoms with van der Waals surface area (Å²) in [4.78, 5) is 24.0. The summed E-state index contributed by atoms with van der Waals surface area (Å²) in [6, 6.07) is 1.82. The fourth-order valence-electron chi connectivity index (χ4n) is 2.82. The van der Waals surface area contributed by atoms with Gasteiger partial charge in [-0.25, -0.2) is 18.7 Å². The summed E-state index contributed by atoms with van der Waals surface area (Å²) in [5, 5.41) is 8.99. The molecule has 0 bridgehead atoms. The fraction of sp³-hybridized carbons (Fsp3) is 0.400. The standard InChI is InChI=1S/C15H16F2N4O3/c1-24-10-4-3-9(16)13(17)12(10)14(22)18-8-2-5-11-19-20-15(23)21(11)7-6-8/h3-4,8H,2,5-7H2,1H3,(H,18,22)(H,20,23). The SMILES string of the molecule is COc1ccc(F)c(F)c1C(=O)NC1CCc2n[nH]c(=O)n2CC1. The smallest absolute Gasteiger partial charge is 0.343 e. The molecule has 3 rings (SSSR count). The van der Waals surface area contributed by atoms with Gasteiger partial charge in [0.15, 0.2) is 11.6 Å². The van der Waals surface area contributed by atoms with Gasteiger partial charge in [-0.05, 0) is 25.0 Å². The van der Waals surface area contributed by atoms with Gasteiger partial charge in [0, 0.05) is 19.0 Å². The second kappa shape index (κ2) is 6.42. The molecular weight excluding hydrogens is 322 g/mol. The average molecular weight is 338 g/mol. The van der Waals surface area contributed by atoms with Crippen LogP contribution in [0.25, 0.3) is 0 Å². The Morgan fingerprint density at radius 2 is 2.21 bits per heavy atom. The number of hydrogen-bond donors (Lipinski definition) is 2. The molecule has 2 aromatic rings. The van der Waals surface area contributed by atoms with E-state index in [4.69, 9.17) is 4.74 Å². The van der Waals surface area contributed by atoms with Gasteiger partial charge < -0.3 is 10.1 Å². The first-order valence-corrected chi connectivity index (χ1v) is 7.48. The predicted octanol–water partition coefficient (Wildman–Crippen LogP) is 0.993. The Bertz CT molecular complexity index is 831. The third kappa shape index (κ3) is 2.89. The van der Waals surface area contributed by atoms with Gasteiger partial charge in [-0.1, -0.05) is 0 Å². The molecule has 1 aromatic carbocycles. The predicted molar refractivity (Wildman–Crippen MR) is 79.9 cm³/mol. The third-order valence-corrected chi connectivity index (χ3v) is 4.09. The van der Waals surface area contributed by atoms with Crippen molar-refractivity contribution < 1.29 is 18.3 Å². The van der Waals surface area contributed by atoms with Crippen LogP contribution in [0.15, 0.2) is 16.9 Å². The number of carbonyl (C=O) groups excluding carboxylic acids is 1. The molecule has 128 valence electrons. The van der Waals surface area contributed by atoms with Gasteiger partial charge in [0.1, 0.15) is 17.1 Å². The van der Waals surface area contributed by atoms with Crippen LogP contribution in [0.3, 0.4) is 0 Å². The zero-order valence-corrected chi connectivity index (χ0v) is 12.9. The van der Waals surface area contributed by atoms with Gasteiger partial charge in [0.25, 0.3) is 5.91 Å². The molecule has 0 saturated heterocycles. The Morgan fingerprint density at radius 1 is 1.42 bits per heavy atom. The van der Waals surface area contributed by atoms with Crippen LogP contribution in [-0.2, 0) is 13.0 Å². The number of aromatic nitrogens is 3. The number of rotatable bonds is 3. The van der Waals surface area contributed by atoms with Gasteiger partial charge in [-0.15, -0.1) is 0 Å². The lowest BCUT2D eigenvalue weighted by molar-refractivity contribution is 0.0924. The summed E-state index contributed by atoms with van der Waals surface area (Å²) in [5.41, 5.74) is -0.757. The van der Waals surface area contributed by atoms with E-state index < -0.39 is 23.1 Å². The molecule has 2 heterocycles. The number of fused-ring (bicyclic) bond motifs is 1. The van der Waals surface area contributed by atoms with Crippen LogP contribution in [-0.4, -0.2) is 33.8 Å². The van der Waals surface area contributed by atoms with E-state index in [0.29, 0.717) is 31.6 Å². The number of aromatic amines is 1. The molecule has 24 heavy (non-hydrogen) atoms. The third-order valence-electron chi connectivity index (χ3n) is 4.09. The number of nitrogens with one attached hydrogen (secondary N) is 2. The molecule has 0 saturated carbocycles. The molecule has 1 unspecified atom stereocenters. The Hall–Kier alpha value is -2.71. The molecule has 1 atom stereocenters. The molecule has 1 aliphatic heterocycles. The van der Waals surface area contributed by atoms with Crippen molar-refractivity contribution in [2.75, 3.05) is 7.11 Å². The van der Waals surface area contributed by atoms with Crippen LogP contribution in [0, 0.1) is 11.6 Å². The first-order chi connectivity index (χ1) is 11.5. The molecule has 0 spiro atoms. The summed E-state index contributed by atoms with van der Waals surface area (Å²) >= 11 is 0. The van der Waals surface area contributed by atoms with E-state index in [2.05, 4.69) is 15.5 Å². The first-order valence-electron chi connectivity index (χ1n) is 7.48. The maximum atomic E-state index is 14.0. The Kier molecular flexibility index (Phi) is 4.32. The van der Waals surface area contributed by atoms with Crippen molar-refractivity contribution in [3.05, 3.63) is 45.6 Å². The monoisotopic (exact) mass is 338 g/mol. The van der Waals surface area contributed by atoms with E-state index in [1.807, 2.05) is 0 Å². The lowest BCUT2D eigenvalue weighted by atomic mass is 10.1. The van der Waals surface area contributed by atoms with Gasteiger partial charge >= 0.3 is 5.69 Å². The van der Waals surface area contributed by atoms with Crippen molar-refractivity contribution in [1.29, 1.82) is 0 Å². The Labute approximate surface area is 135 Å². The minimum atomic E-state index is -1.25. The summed E-state index contributed by atoms with van der Waals surface area (Å²) in [6.45, 7) is 0.387. The Morgan fingerprint density at radius 3 is 2.96 bits per heavy atom. The summed E-state index contributed by atoms with van der Waals surface area (Å²) in [7, 11) is 1.28. The van der Waals surface area contributed by atoms with Crippen molar-refractivity contribution in [2.45, 2.75) is 31.8 Å². The highest BCUT2D eigenvalue weighted by Crippen LogP contribution is 2.24. The topological polar surface area (TPSA) is 89.0 Å². The van der Waals surface area contributed by atoms with E-state index in [0.717, 1.165) is 6.07 Å². The zero-order valence-electron chi connectivity index (χ0n) is 12.9. The van der Waals surface area contributed by atoms with Crippen molar-refractivity contribution in [2.24, 2.45) is 0 Å². The van der Waals surface area contributed by atoms with Crippen LogP contribution < -0.4 is 15.7 Å². The van der Waals surface area contributed by atoms with Crippen LogP contribution in [0.4, 0.5) is 8.78 Å². The van der Waals surface area contributed by atoms with Gasteiger partial charge in [-0.2, -0.15) is 5.10 Å². The minimum absolute atomic E-state index is 0.0376. The van der Waals surface area contributed by atoms with Crippen LogP contribution >= 0.6 is 0 Å². The van der Waals surface area contributed by atoms with E-state index >= 15 is 0 Å². The number of carbonyl (C=O) groups is 1. The summed E-state index contributed by atoms with van der Waals surface area (Å²) < 4.78 is 33.9. The lowest BCUT2D eigenvalue weighted by Crippen LogP contribution is -2.36. The number of aryl methyl sites for hydroxylation is 1. The van der Waals surface area contributed by atoms with E-state index in [1.165, 1.54) is 17.7 Å². The molecule has 7 nitrogen and oxygen atoms in total. The number of nitrogens with zero attached hydrogens (tertiary/aromatic N) is 2. The fourth-order valence-corrected chi connectivity index (χ4v) is 2.82. The number of ether oxygens (including phenoxy) is 1. The highest BCUT2D eigenvalue weighted by atomic mass is 19.2. The van der Waals surface area contributed by atoms with Gasteiger partial charge in [0.2, 0.25) is 0 Å². The molecule has 0 radical (unpaired) electrons. The molecule has 1 aromatic heterocycles. The number of hydrogen-bond acceptors (Lipinski definition) is 4. The molecular formula is C15H16F2N4O3. The highest BCUT2D eigenvalue weighted by Gasteiger charge is 2.25. The molecule has 0 aliphatic carbocycles. The van der Waals surface area contributed by atoms with Gasteiger partial charge in [0.05, 0.1) is 7.11 Å². The number of methoxy groups -OCH3 is 1. The number of amides is 1. The zero-order chi connectivity index (χ0) is 17.3. The number of H-pyrrole nitrogens is 1. The van der Waals surface area contributed by atoms with E-state index in [9.17, 15) is 18.4 Å². The second-order valence-corrected chi connectivity index (χ2v) is 5.53. The van der Waals surface area contributed by atoms with Crippen molar-refractivity contribution >= 4 is 5.91 Å². The summed E-state index contributed by atoms with van der Waals surface area (Å²) in [6.07, 6.45) is 1.51. The maximum absolute atomic E-state index is 14.0. The van der Waals surface area contributed by atoms with Crippen LogP contribution in [0.2, 0.25) is 0 Å². The normalized spacial score (nSPS) is 17.0. The lowest BCUT2D eigenvalue weighted by Gasteiger charge is -2.17. The molecule has 9 heteroatoms. The molecule has 2 N–H and O–H groups in total. The van der Waals surface area contributed by atoms with Crippen molar-refractivity contribution in [1.82, 2.24) is 20.1 Å². The summed E-state index contributed by atoms with van der Waals surface area (Å²) in [5.74, 6) is -2.53. The number of halogens is 2.